The van der Waals surface area contributed by atoms with Crippen LogP contribution in [0.5, 0.6) is 5.75 Å². The summed E-state index contributed by atoms with van der Waals surface area (Å²) in [5, 5.41) is 9.87. The zero-order valence-electron chi connectivity index (χ0n) is 19.1. The number of aryl methyl sites for hydroxylation is 2. The number of thiazole rings is 1. The van der Waals surface area contributed by atoms with Gasteiger partial charge in [-0.05, 0) is 74.6 Å². The average Bonchev–Trinajstić information content (AvgIpc) is 3.11. The maximum absolute atomic E-state index is 11.8. The van der Waals surface area contributed by atoms with E-state index in [9.17, 15) is 4.79 Å². The number of carbonyl (C=O) groups excluding carboxylic acids is 1. The van der Waals surface area contributed by atoms with Crippen molar-refractivity contribution in [1.82, 2.24) is 4.68 Å². The van der Waals surface area contributed by atoms with Crippen molar-refractivity contribution in [3.05, 3.63) is 57.7 Å². The number of nitrogens with one attached hydrogen (secondary N) is 1. The molecule has 1 amide bonds. The fraction of sp³-hybridized carbons (Fsp3) is 0.320. The van der Waals surface area contributed by atoms with E-state index < -0.39 is 0 Å². The van der Waals surface area contributed by atoms with Crippen LogP contribution >= 0.6 is 11.3 Å². The Morgan fingerprint density at radius 2 is 2.00 bits per heavy atom. The lowest BCUT2D eigenvalue weighted by Crippen LogP contribution is -2.25. The number of anilines is 1. The highest BCUT2D eigenvalue weighted by atomic mass is 32.1. The highest BCUT2D eigenvalue weighted by molar-refractivity contribution is 7.07. The van der Waals surface area contributed by atoms with E-state index >= 15 is 0 Å². The normalized spacial score (nSPS) is 14.4. The third kappa shape index (κ3) is 4.83. The molecule has 0 radical (unpaired) electrons. The number of ether oxygens (including phenoxy) is 1. The summed E-state index contributed by atoms with van der Waals surface area (Å²) < 4.78 is 7.42. The summed E-state index contributed by atoms with van der Waals surface area (Å²) >= 11 is 1.55. The molecule has 0 saturated heterocycles. The van der Waals surface area contributed by atoms with E-state index in [0.717, 1.165) is 33.9 Å². The van der Waals surface area contributed by atoms with Crippen LogP contribution in [0.25, 0.3) is 11.3 Å². The van der Waals surface area contributed by atoms with Crippen LogP contribution in [0.15, 0.2) is 51.9 Å². The number of hydrogen-bond donors (Lipinski definition) is 1. The minimum Gasteiger partial charge on any atom is -0.482 e. The molecule has 0 spiro atoms. The summed E-state index contributed by atoms with van der Waals surface area (Å²) in [5.74, 6) is 1.04. The summed E-state index contributed by atoms with van der Waals surface area (Å²) in [5.41, 5.74) is 6.92. The third-order valence-corrected chi connectivity index (χ3v) is 6.10. The Hall–Kier alpha value is -3.19. The van der Waals surface area contributed by atoms with Crippen LogP contribution in [0.3, 0.4) is 0 Å². The smallest absolute Gasteiger partial charge is 0.262 e. The summed E-state index contributed by atoms with van der Waals surface area (Å²) in [4.78, 5) is 17.5. The molecule has 1 aliphatic heterocycles. The molecule has 3 aromatic rings. The predicted molar refractivity (Wildman–Crippen MR) is 131 cm³/mol. The Morgan fingerprint density at radius 3 is 2.75 bits per heavy atom. The highest BCUT2D eigenvalue weighted by Crippen LogP contribution is 2.33. The van der Waals surface area contributed by atoms with Crippen LogP contribution in [0.1, 0.15) is 38.3 Å². The second kappa shape index (κ2) is 9.12. The van der Waals surface area contributed by atoms with Gasteiger partial charge < -0.3 is 10.1 Å². The van der Waals surface area contributed by atoms with Crippen molar-refractivity contribution in [1.29, 1.82) is 0 Å². The molecule has 0 unspecified atom stereocenters. The van der Waals surface area contributed by atoms with Crippen LogP contribution in [0.4, 0.5) is 11.4 Å². The van der Waals surface area contributed by atoms with Gasteiger partial charge in [-0.2, -0.15) is 5.10 Å². The molecule has 1 aliphatic rings. The number of hydrogen-bond acceptors (Lipinski definition) is 5. The Balaban J connectivity index is 1.84. The SMILES string of the molecule is CC(CC(C)C)=Nn1c(-c2ccc3c(c2)NC(=O)CO3)csc1=Nc1ccc(C)c(C)c1. The third-order valence-electron chi connectivity index (χ3n) is 5.28. The number of benzene rings is 2. The first-order chi connectivity index (χ1) is 15.3. The molecule has 0 saturated carbocycles. The van der Waals surface area contributed by atoms with Gasteiger partial charge in [-0.3, -0.25) is 4.79 Å². The van der Waals surface area contributed by atoms with Crippen molar-refractivity contribution < 1.29 is 9.53 Å². The second-order valence-electron chi connectivity index (χ2n) is 8.58. The minimum atomic E-state index is -0.149. The van der Waals surface area contributed by atoms with Gasteiger partial charge >= 0.3 is 0 Å². The molecule has 2 aromatic carbocycles. The minimum absolute atomic E-state index is 0.0441. The van der Waals surface area contributed by atoms with Crippen LogP contribution in [-0.2, 0) is 4.79 Å². The van der Waals surface area contributed by atoms with Gasteiger partial charge in [0.1, 0.15) is 5.75 Å². The molecular weight excluding hydrogens is 420 g/mol. The first-order valence-corrected chi connectivity index (χ1v) is 11.6. The zero-order chi connectivity index (χ0) is 22.8. The van der Waals surface area contributed by atoms with E-state index in [1.165, 1.54) is 11.1 Å². The number of amides is 1. The van der Waals surface area contributed by atoms with E-state index in [1.54, 1.807) is 11.3 Å². The molecule has 0 atom stereocenters. The summed E-state index contributed by atoms with van der Waals surface area (Å²) in [6.07, 6.45) is 0.902. The molecule has 0 bridgehead atoms. The lowest BCUT2D eigenvalue weighted by molar-refractivity contribution is -0.118. The number of carbonyl (C=O) groups is 1. The van der Waals surface area contributed by atoms with Crippen molar-refractivity contribution in [3.63, 3.8) is 0 Å². The molecule has 2 heterocycles. The number of aromatic nitrogens is 1. The Labute approximate surface area is 192 Å². The molecule has 4 rings (SSSR count). The van der Waals surface area contributed by atoms with Crippen LogP contribution in [0.2, 0.25) is 0 Å². The molecule has 32 heavy (non-hydrogen) atoms. The zero-order valence-corrected chi connectivity index (χ0v) is 19.9. The largest absolute Gasteiger partial charge is 0.482 e. The lowest BCUT2D eigenvalue weighted by atomic mass is 10.1. The second-order valence-corrected chi connectivity index (χ2v) is 9.41. The van der Waals surface area contributed by atoms with Crippen molar-refractivity contribution >= 4 is 34.3 Å². The number of rotatable bonds is 5. The molecule has 166 valence electrons. The monoisotopic (exact) mass is 448 g/mol. The van der Waals surface area contributed by atoms with Gasteiger partial charge in [-0.15, -0.1) is 11.3 Å². The summed E-state index contributed by atoms with van der Waals surface area (Å²) in [7, 11) is 0. The lowest BCUT2D eigenvalue weighted by Gasteiger charge is -2.18. The van der Waals surface area contributed by atoms with Gasteiger partial charge in [0.2, 0.25) is 4.80 Å². The number of fused-ring (bicyclic) bond motifs is 1. The molecule has 1 aromatic heterocycles. The Kier molecular flexibility index (Phi) is 6.28. The quantitative estimate of drug-likeness (QED) is 0.511. The van der Waals surface area contributed by atoms with Crippen molar-refractivity contribution in [2.24, 2.45) is 16.0 Å². The van der Waals surface area contributed by atoms with E-state index in [0.29, 0.717) is 17.4 Å². The van der Waals surface area contributed by atoms with E-state index in [4.69, 9.17) is 14.8 Å². The maximum Gasteiger partial charge on any atom is 0.262 e. The molecule has 0 fully saturated rings. The summed E-state index contributed by atoms with van der Waals surface area (Å²) in [6.45, 7) is 10.7. The van der Waals surface area contributed by atoms with Crippen LogP contribution in [-0.4, -0.2) is 22.9 Å². The summed E-state index contributed by atoms with van der Waals surface area (Å²) in [6, 6.07) is 12.0. The molecule has 1 N–H and O–H groups in total. The first kappa shape index (κ1) is 22.0. The van der Waals surface area contributed by atoms with Crippen molar-refractivity contribution in [2.45, 2.75) is 41.0 Å². The highest BCUT2D eigenvalue weighted by Gasteiger charge is 2.18. The Morgan fingerprint density at radius 1 is 1.19 bits per heavy atom. The van der Waals surface area contributed by atoms with Crippen LogP contribution in [0, 0.1) is 19.8 Å². The van der Waals surface area contributed by atoms with Gasteiger partial charge in [0.05, 0.1) is 17.1 Å². The fourth-order valence-electron chi connectivity index (χ4n) is 3.62. The van der Waals surface area contributed by atoms with E-state index in [1.807, 2.05) is 28.9 Å². The van der Waals surface area contributed by atoms with Gasteiger partial charge in [0.15, 0.2) is 6.61 Å². The maximum atomic E-state index is 11.8. The molecular formula is C25H28N4O2S. The van der Waals surface area contributed by atoms with Gasteiger partial charge in [-0.1, -0.05) is 19.9 Å². The Bertz CT molecular complexity index is 1270. The standard InChI is InChI=1S/C25H28N4O2S/c1-15(2)10-18(5)28-29-22(19-7-9-23-21(12-19)27-24(30)13-31-23)14-32-25(29)26-20-8-6-16(3)17(4)11-20/h6-9,11-12,14-15H,10,13H2,1-5H3,(H,27,30). The fourth-order valence-corrected chi connectivity index (χ4v) is 4.47. The van der Waals surface area contributed by atoms with E-state index in [2.05, 4.69) is 57.4 Å². The van der Waals surface area contributed by atoms with Gasteiger partial charge in [-0.25, -0.2) is 9.67 Å². The first-order valence-electron chi connectivity index (χ1n) is 10.7. The molecule has 7 heteroatoms. The van der Waals surface area contributed by atoms with Gasteiger partial charge in [0.25, 0.3) is 5.91 Å². The van der Waals surface area contributed by atoms with Crippen molar-refractivity contribution in [3.8, 4) is 17.0 Å². The predicted octanol–water partition coefficient (Wildman–Crippen LogP) is 5.67. The van der Waals surface area contributed by atoms with Gasteiger partial charge in [0, 0.05) is 16.7 Å². The topological polar surface area (TPSA) is 68.0 Å². The van der Waals surface area contributed by atoms with Crippen molar-refractivity contribution in [2.75, 3.05) is 11.9 Å². The number of nitrogens with zero attached hydrogens (tertiary/aromatic N) is 3. The molecule has 0 aliphatic carbocycles. The molecule has 6 nitrogen and oxygen atoms in total. The van der Waals surface area contributed by atoms with E-state index in [-0.39, 0.29) is 12.5 Å². The average molecular weight is 449 g/mol. The van der Waals surface area contributed by atoms with Crippen LogP contribution < -0.4 is 14.9 Å².